The minimum Gasteiger partial charge on any atom is -0.389 e. The molecule has 5 heteroatoms. The van der Waals surface area contributed by atoms with E-state index >= 15 is 0 Å². The van der Waals surface area contributed by atoms with Crippen molar-refractivity contribution < 1.29 is 18.6 Å². The number of halogens is 2. The molecule has 94 valence electrons. The summed E-state index contributed by atoms with van der Waals surface area (Å²) in [6.45, 7) is 1.36. The SMILES string of the molecule is OC1COCC1NCCc1cc(F)cc(F)c1. The van der Waals surface area contributed by atoms with Crippen molar-refractivity contribution in [3.05, 3.63) is 35.4 Å². The second-order valence-electron chi connectivity index (χ2n) is 4.19. The highest BCUT2D eigenvalue weighted by molar-refractivity contribution is 5.18. The predicted molar refractivity (Wildman–Crippen MR) is 58.7 cm³/mol. The molecule has 1 aliphatic rings. The second-order valence-corrected chi connectivity index (χ2v) is 4.19. The highest BCUT2D eigenvalue weighted by Crippen LogP contribution is 2.09. The number of ether oxygens (including phenoxy) is 1. The Hall–Kier alpha value is -1.04. The van der Waals surface area contributed by atoms with Gasteiger partial charge in [-0.1, -0.05) is 0 Å². The van der Waals surface area contributed by atoms with Gasteiger partial charge in [0.2, 0.25) is 0 Å². The van der Waals surface area contributed by atoms with Gasteiger partial charge in [0.25, 0.3) is 0 Å². The van der Waals surface area contributed by atoms with Gasteiger partial charge in [0.15, 0.2) is 0 Å². The van der Waals surface area contributed by atoms with Crippen molar-refractivity contribution in [2.24, 2.45) is 0 Å². The average Bonchev–Trinajstić information content (AvgIpc) is 2.63. The Kier molecular flexibility index (Phi) is 4.04. The summed E-state index contributed by atoms with van der Waals surface area (Å²) in [5, 5.41) is 12.6. The van der Waals surface area contributed by atoms with E-state index in [1.54, 1.807) is 0 Å². The van der Waals surface area contributed by atoms with E-state index in [9.17, 15) is 13.9 Å². The molecule has 0 radical (unpaired) electrons. The van der Waals surface area contributed by atoms with E-state index < -0.39 is 17.7 Å². The Morgan fingerprint density at radius 3 is 2.53 bits per heavy atom. The van der Waals surface area contributed by atoms with Gasteiger partial charge in [-0.2, -0.15) is 0 Å². The molecule has 1 aromatic rings. The molecule has 3 nitrogen and oxygen atoms in total. The summed E-state index contributed by atoms with van der Waals surface area (Å²) in [5.41, 5.74) is 0.600. The van der Waals surface area contributed by atoms with E-state index in [2.05, 4.69) is 5.32 Å². The Morgan fingerprint density at radius 2 is 1.94 bits per heavy atom. The van der Waals surface area contributed by atoms with E-state index in [-0.39, 0.29) is 6.04 Å². The molecule has 0 bridgehead atoms. The zero-order chi connectivity index (χ0) is 12.3. The fourth-order valence-electron chi connectivity index (χ4n) is 1.90. The molecule has 2 unspecified atom stereocenters. The molecule has 2 N–H and O–H groups in total. The van der Waals surface area contributed by atoms with E-state index in [4.69, 9.17) is 4.74 Å². The first-order valence-corrected chi connectivity index (χ1v) is 5.59. The molecule has 2 atom stereocenters. The lowest BCUT2D eigenvalue weighted by molar-refractivity contribution is 0.122. The van der Waals surface area contributed by atoms with E-state index in [0.29, 0.717) is 31.7 Å². The third-order valence-corrected chi connectivity index (χ3v) is 2.79. The van der Waals surface area contributed by atoms with Crippen LogP contribution >= 0.6 is 0 Å². The van der Waals surface area contributed by atoms with Crippen molar-refractivity contribution in [1.29, 1.82) is 0 Å². The van der Waals surface area contributed by atoms with E-state index in [1.165, 1.54) is 12.1 Å². The van der Waals surface area contributed by atoms with Crippen LogP contribution in [-0.4, -0.2) is 37.0 Å². The molecular formula is C12H15F2NO2. The van der Waals surface area contributed by atoms with Crippen LogP contribution in [0.15, 0.2) is 18.2 Å². The smallest absolute Gasteiger partial charge is 0.126 e. The van der Waals surface area contributed by atoms with Crippen LogP contribution < -0.4 is 5.32 Å². The molecular weight excluding hydrogens is 228 g/mol. The van der Waals surface area contributed by atoms with Crippen molar-refractivity contribution in [2.75, 3.05) is 19.8 Å². The molecule has 1 heterocycles. The lowest BCUT2D eigenvalue weighted by Gasteiger charge is -2.14. The van der Waals surface area contributed by atoms with Gasteiger partial charge in [-0.3, -0.25) is 0 Å². The van der Waals surface area contributed by atoms with Crippen molar-refractivity contribution in [3.63, 3.8) is 0 Å². The van der Waals surface area contributed by atoms with Crippen LogP contribution in [-0.2, 0) is 11.2 Å². The van der Waals surface area contributed by atoms with Gasteiger partial charge >= 0.3 is 0 Å². The lowest BCUT2D eigenvalue weighted by atomic mass is 10.1. The number of benzene rings is 1. The molecule has 1 aromatic carbocycles. The molecule has 17 heavy (non-hydrogen) atoms. The number of aliphatic hydroxyl groups is 1. The third-order valence-electron chi connectivity index (χ3n) is 2.79. The van der Waals surface area contributed by atoms with Crippen molar-refractivity contribution in [3.8, 4) is 0 Å². The number of hydrogen-bond acceptors (Lipinski definition) is 3. The highest BCUT2D eigenvalue weighted by atomic mass is 19.1. The minimum absolute atomic E-state index is 0.0894. The summed E-state index contributed by atoms with van der Waals surface area (Å²) in [7, 11) is 0. The monoisotopic (exact) mass is 243 g/mol. The summed E-state index contributed by atoms with van der Waals surface area (Å²) in [4.78, 5) is 0. The molecule has 0 spiro atoms. The molecule has 0 aliphatic carbocycles. The highest BCUT2D eigenvalue weighted by Gasteiger charge is 2.25. The molecule has 0 amide bonds. The van der Waals surface area contributed by atoms with Gasteiger partial charge < -0.3 is 15.2 Å². The number of rotatable bonds is 4. The van der Waals surface area contributed by atoms with Crippen molar-refractivity contribution >= 4 is 0 Å². The molecule has 0 aromatic heterocycles. The van der Waals surface area contributed by atoms with Crippen LogP contribution in [0.1, 0.15) is 5.56 Å². The quantitative estimate of drug-likeness (QED) is 0.824. The summed E-state index contributed by atoms with van der Waals surface area (Å²) in [6, 6.07) is 3.39. The molecule has 1 saturated heterocycles. The van der Waals surface area contributed by atoms with E-state index in [0.717, 1.165) is 6.07 Å². The van der Waals surface area contributed by atoms with Crippen LogP contribution in [0, 0.1) is 11.6 Å². The van der Waals surface area contributed by atoms with Gasteiger partial charge in [-0.05, 0) is 30.7 Å². The van der Waals surface area contributed by atoms with Crippen LogP contribution in [0.2, 0.25) is 0 Å². The molecule has 2 rings (SSSR count). The normalized spacial score (nSPS) is 24.2. The first-order chi connectivity index (χ1) is 8.15. The maximum absolute atomic E-state index is 12.9. The minimum atomic E-state index is -0.566. The fraction of sp³-hybridized carbons (Fsp3) is 0.500. The summed E-state index contributed by atoms with van der Waals surface area (Å²) in [5.74, 6) is -1.13. The topological polar surface area (TPSA) is 41.5 Å². The van der Waals surface area contributed by atoms with Gasteiger partial charge in [0.1, 0.15) is 11.6 Å². The first kappa shape index (κ1) is 12.4. The number of hydrogen-bond donors (Lipinski definition) is 2. The third kappa shape index (κ3) is 3.46. The Balaban J connectivity index is 1.81. The average molecular weight is 243 g/mol. The summed E-state index contributed by atoms with van der Waals surface area (Å²) >= 11 is 0. The van der Waals surface area contributed by atoms with Gasteiger partial charge in [0.05, 0.1) is 25.4 Å². The molecule has 1 fully saturated rings. The molecule has 0 saturated carbocycles. The van der Waals surface area contributed by atoms with Crippen LogP contribution in [0.25, 0.3) is 0 Å². The second kappa shape index (κ2) is 5.53. The Bertz CT molecular complexity index is 367. The Labute approximate surface area is 98.4 Å². The fourth-order valence-corrected chi connectivity index (χ4v) is 1.90. The maximum Gasteiger partial charge on any atom is 0.126 e. The summed E-state index contributed by atoms with van der Waals surface area (Å²) in [6.07, 6.45) is 0.0111. The van der Waals surface area contributed by atoms with Crippen molar-refractivity contribution in [2.45, 2.75) is 18.6 Å². The summed E-state index contributed by atoms with van der Waals surface area (Å²) < 4.78 is 30.9. The predicted octanol–water partition coefficient (Wildman–Crippen LogP) is 0.857. The van der Waals surface area contributed by atoms with Crippen LogP contribution in [0.4, 0.5) is 8.78 Å². The van der Waals surface area contributed by atoms with E-state index in [1.807, 2.05) is 0 Å². The Morgan fingerprint density at radius 1 is 1.24 bits per heavy atom. The van der Waals surface area contributed by atoms with Gasteiger partial charge in [0, 0.05) is 6.07 Å². The zero-order valence-electron chi connectivity index (χ0n) is 9.33. The number of aliphatic hydroxyl groups excluding tert-OH is 1. The van der Waals surface area contributed by atoms with Crippen LogP contribution in [0.3, 0.4) is 0 Å². The largest absolute Gasteiger partial charge is 0.389 e. The van der Waals surface area contributed by atoms with Gasteiger partial charge in [-0.25, -0.2) is 8.78 Å². The zero-order valence-corrected chi connectivity index (χ0v) is 9.33. The maximum atomic E-state index is 12.9. The van der Waals surface area contributed by atoms with Crippen molar-refractivity contribution in [1.82, 2.24) is 5.32 Å². The standard InChI is InChI=1S/C12H15F2NO2/c13-9-3-8(4-10(14)5-9)1-2-15-11-6-17-7-12(11)16/h3-5,11-12,15-16H,1-2,6-7H2. The van der Waals surface area contributed by atoms with Crippen LogP contribution in [0.5, 0.6) is 0 Å². The van der Waals surface area contributed by atoms with Gasteiger partial charge in [-0.15, -0.1) is 0 Å². The lowest BCUT2D eigenvalue weighted by Crippen LogP contribution is -2.39. The molecule has 1 aliphatic heterocycles. The first-order valence-electron chi connectivity index (χ1n) is 5.59. The number of nitrogens with one attached hydrogen (secondary N) is 1.